The van der Waals surface area contributed by atoms with Crippen LogP contribution in [0.2, 0.25) is 0 Å². The average Bonchev–Trinajstić information content (AvgIpc) is 3.16. The Morgan fingerprint density at radius 2 is 2.20 bits per heavy atom. The number of nitrogens with one attached hydrogen (secondary N) is 1. The van der Waals surface area contributed by atoms with Gasteiger partial charge in [0.2, 0.25) is 11.0 Å². The summed E-state index contributed by atoms with van der Waals surface area (Å²) in [5.41, 5.74) is 0. The van der Waals surface area contributed by atoms with Crippen molar-refractivity contribution in [3.8, 4) is 0 Å². The third-order valence-electron chi connectivity index (χ3n) is 3.93. The van der Waals surface area contributed by atoms with Gasteiger partial charge in [0.1, 0.15) is 5.82 Å². The number of carbonyl (C=O) groups excluding carboxylic acids is 1. The van der Waals surface area contributed by atoms with E-state index in [-0.39, 0.29) is 11.9 Å². The average molecular weight is 294 g/mol. The Morgan fingerprint density at radius 1 is 1.40 bits per heavy atom. The fourth-order valence-electron chi connectivity index (χ4n) is 2.52. The van der Waals surface area contributed by atoms with E-state index >= 15 is 0 Å². The summed E-state index contributed by atoms with van der Waals surface area (Å²) in [4.78, 5) is 18.7. The van der Waals surface area contributed by atoms with Crippen molar-refractivity contribution in [3.05, 3.63) is 5.82 Å². The number of piperidine rings is 1. The minimum Gasteiger partial charge on any atom is -0.351 e. The van der Waals surface area contributed by atoms with E-state index in [2.05, 4.69) is 33.4 Å². The van der Waals surface area contributed by atoms with E-state index in [0.29, 0.717) is 11.8 Å². The van der Waals surface area contributed by atoms with Gasteiger partial charge in [-0.3, -0.25) is 4.79 Å². The van der Waals surface area contributed by atoms with Gasteiger partial charge in [-0.05, 0) is 25.7 Å². The van der Waals surface area contributed by atoms with Crippen molar-refractivity contribution in [1.29, 1.82) is 0 Å². The molecule has 6 heteroatoms. The number of carbonyl (C=O) groups is 1. The zero-order chi connectivity index (χ0) is 14.1. The molecule has 1 aliphatic heterocycles. The summed E-state index contributed by atoms with van der Waals surface area (Å²) in [6.07, 6.45) is 4.31. The summed E-state index contributed by atoms with van der Waals surface area (Å²) in [6.45, 7) is 6.11. The summed E-state index contributed by atoms with van der Waals surface area (Å²) in [7, 11) is 0. The molecule has 3 rings (SSSR count). The first-order chi connectivity index (χ1) is 9.63. The maximum absolute atomic E-state index is 11.9. The third-order valence-corrected chi connectivity index (χ3v) is 4.72. The van der Waals surface area contributed by atoms with Gasteiger partial charge in [0.15, 0.2) is 0 Å². The minimum atomic E-state index is 0.247. The number of hydrogen-bond donors (Lipinski definition) is 1. The predicted octanol–water partition coefficient (Wildman–Crippen LogP) is 2.16. The van der Waals surface area contributed by atoms with Crippen molar-refractivity contribution in [1.82, 2.24) is 14.7 Å². The minimum absolute atomic E-state index is 0.247. The molecule has 1 saturated carbocycles. The summed E-state index contributed by atoms with van der Waals surface area (Å²) in [6, 6.07) is 0.267. The highest BCUT2D eigenvalue weighted by atomic mass is 32.1. The molecular formula is C14H22N4OS. The smallest absolute Gasteiger partial charge is 0.223 e. The monoisotopic (exact) mass is 294 g/mol. The van der Waals surface area contributed by atoms with Crippen molar-refractivity contribution in [2.75, 3.05) is 18.0 Å². The zero-order valence-corrected chi connectivity index (χ0v) is 12.9. The summed E-state index contributed by atoms with van der Waals surface area (Å²) >= 11 is 1.48. The van der Waals surface area contributed by atoms with Gasteiger partial charge in [-0.25, -0.2) is 4.98 Å². The molecule has 0 radical (unpaired) electrons. The molecule has 20 heavy (non-hydrogen) atoms. The molecule has 5 nitrogen and oxygen atoms in total. The van der Waals surface area contributed by atoms with Gasteiger partial charge < -0.3 is 10.2 Å². The topological polar surface area (TPSA) is 58.1 Å². The van der Waals surface area contributed by atoms with Crippen LogP contribution in [0.3, 0.4) is 0 Å². The van der Waals surface area contributed by atoms with Gasteiger partial charge in [-0.2, -0.15) is 4.37 Å². The molecule has 2 fully saturated rings. The lowest BCUT2D eigenvalue weighted by atomic mass is 10.1. The Labute approximate surface area is 123 Å². The number of nitrogens with zero attached hydrogens (tertiary/aromatic N) is 3. The van der Waals surface area contributed by atoms with E-state index in [1.165, 1.54) is 11.5 Å². The second-order valence-corrected chi connectivity index (χ2v) is 6.89. The molecule has 1 aromatic rings. The van der Waals surface area contributed by atoms with Gasteiger partial charge in [0.25, 0.3) is 0 Å². The standard InChI is InChI=1S/C14H22N4OS/c1-9(2)12-16-14(20-17-12)18-7-3-4-11(8-18)15-13(19)10-5-6-10/h9-11H,3-8H2,1-2H3,(H,15,19). The quantitative estimate of drug-likeness (QED) is 0.924. The van der Waals surface area contributed by atoms with E-state index in [4.69, 9.17) is 0 Å². The van der Waals surface area contributed by atoms with Gasteiger partial charge in [0.05, 0.1) is 0 Å². The summed E-state index contributed by atoms with van der Waals surface area (Å²) in [5.74, 6) is 1.83. The van der Waals surface area contributed by atoms with E-state index in [1.807, 2.05) is 0 Å². The van der Waals surface area contributed by atoms with Gasteiger partial charge in [0, 0.05) is 42.5 Å². The number of anilines is 1. The van der Waals surface area contributed by atoms with Crippen molar-refractivity contribution in [2.45, 2.75) is 51.5 Å². The molecule has 0 bridgehead atoms. The van der Waals surface area contributed by atoms with Crippen LogP contribution in [0.25, 0.3) is 0 Å². The Bertz CT molecular complexity index is 483. The fourth-order valence-corrected chi connectivity index (χ4v) is 3.37. The maximum atomic E-state index is 11.9. The van der Waals surface area contributed by atoms with Crippen molar-refractivity contribution < 1.29 is 4.79 Å². The molecule has 0 aromatic carbocycles. The molecule has 1 saturated heterocycles. The summed E-state index contributed by atoms with van der Waals surface area (Å²) in [5, 5.41) is 4.19. The van der Waals surface area contributed by atoms with Crippen molar-refractivity contribution in [2.24, 2.45) is 5.92 Å². The Kier molecular flexibility index (Phi) is 3.92. The van der Waals surface area contributed by atoms with Crippen LogP contribution >= 0.6 is 11.5 Å². The van der Waals surface area contributed by atoms with Crippen LogP contribution in [0.15, 0.2) is 0 Å². The van der Waals surface area contributed by atoms with E-state index in [1.54, 1.807) is 0 Å². The van der Waals surface area contributed by atoms with E-state index in [9.17, 15) is 4.79 Å². The maximum Gasteiger partial charge on any atom is 0.223 e. The van der Waals surface area contributed by atoms with Crippen LogP contribution in [0, 0.1) is 5.92 Å². The number of rotatable bonds is 4. The molecule has 2 heterocycles. The number of hydrogen-bond acceptors (Lipinski definition) is 5. The van der Waals surface area contributed by atoms with Crippen LogP contribution < -0.4 is 10.2 Å². The first kappa shape index (κ1) is 13.8. The molecule has 1 unspecified atom stereocenters. The first-order valence-corrected chi connectivity index (χ1v) is 8.29. The van der Waals surface area contributed by atoms with Gasteiger partial charge >= 0.3 is 0 Å². The van der Waals surface area contributed by atoms with Crippen LogP contribution in [-0.4, -0.2) is 34.4 Å². The molecule has 1 amide bonds. The van der Waals surface area contributed by atoms with Crippen LogP contribution in [0.4, 0.5) is 5.13 Å². The number of aromatic nitrogens is 2. The molecule has 0 spiro atoms. The second kappa shape index (κ2) is 5.68. The molecule has 1 N–H and O–H groups in total. The normalized spacial score (nSPS) is 23.1. The molecule has 1 atom stereocenters. The largest absolute Gasteiger partial charge is 0.351 e. The number of amides is 1. The Balaban J connectivity index is 1.60. The Hall–Kier alpha value is -1.17. The molecule has 1 aliphatic carbocycles. The molecule has 1 aromatic heterocycles. The summed E-state index contributed by atoms with van der Waals surface area (Å²) < 4.78 is 4.42. The lowest BCUT2D eigenvalue weighted by molar-refractivity contribution is -0.123. The van der Waals surface area contributed by atoms with Gasteiger partial charge in [-0.15, -0.1) is 0 Å². The zero-order valence-electron chi connectivity index (χ0n) is 12.1. The van der Waals surface area contributed by atoms with Crippen LogP contribution in [-0.2, 0) is 4.79 Å². The van der Waals surface area contributed by atoms with Crippen molar-refractivity contribution in [3.63, 3.8) is 0 Å². The lowest BCUT2D eigenvalue weighted by Crippen LogP contribution is -2.48. The lowest BCUT2D eigenvalue weighted by Gasteiger charge is -2.32. The van der Waals surface area contributed by atoms with Crippen LogP contribution in [0.5, 0.6) is 0 Å². The van der Waals surface area contributed by atoms with Crippen LogP contribution in [0.1, 0.15) is 51.3 Å². The molecule has 110 valence electrons. The van der Waals surface area contributed by atoms with Gasteiger partial charge in [-0.1, -0.05) is 13.8 Å². The van der Waals surface area contributed by atoms with E-state index < -0.39 is 0 Å². The highest BCUT2D eigenvalue weighted by molar-refractivity contribution is 7.09. The predicted molar refractivity (Wildman–Crippen MR) is 80.1 cm³/mol. The fraction of sp³-hybridized carbons (Fsp3) is 0.786. The molecule has 2 aliphatic rings. The third kappa shape index (κ3) is 3.11. The SMILES string of the molecule is CC(C)c1nsc(N2CCCC(NC(=O)C3CC3)C2)n1. The highest BCUT2D eigenvalue weighted by Gasteiger charge is 2.32. The highest BCUT2D eigenvalue weighted by Crippen LogP contribution is 2.30. The Morgan fingerprint density at radius 3 is 2.85 bits per heavy atom. The van der Waals surface area contributed by atoms with Crippen molar-refractivity contribution >= 4 is 22.6 Å². The second-order valence-electron chi connectivity index (χ2n) is 6.16. The first-order valence-electron chi connectivity index (χ1n) is 7.52. The molecular weight excluding hydrogens is 272 g/mol. The van der Waals surface area contributed by atoms with E-state index in [0.717, 1.165) is 49.7 Å².